The van der Waals surface area contributed by atoms with Crippen LogP contribution in [0.4, 0.5) is 10.1 Å². The van der Waals surface area contributed by atoms with Gasteiger partial charge in [-0.15, -0.1) is 0 Å². The van der Waals surface area contributed by atoms with Crippen LogP contribution in [0.1, 0.15) is 20.7 Å². The molecule has 2 aromatic rings. The highest BCUT2D eigenvalue weighted by atomic mass is 32.1. The number of thiophene rings is 1. The molecule has 0 spiro atoms. The van der Waals surface area contributed by atoms with E-state index in [-0.39, 0.29) is 11.6 Å². The molecule has 0 radical (unpaired) electrons. The Kier molecular flexibility index (Phi) is 3.38. The fourth-order valence-electron chi connectivity index (χ4n) is 1.36. The number of hydrogen-bond acceptors (Lipinski definition) is 3. The highest BCUT2D eigenvalue weighted by Crippen LogP contribution is 2.16. The maximum Gasteiger partial charge on any atom is 0.338 e. The first-order chi connectivity index (χ1) is 8.58. The van der Waals surface area contributed by atoms with E-state index in [0.29, 0.717) is 5.56 Å². The molecule has 0 aliphatic rings. The number of rotatable bonds is 3. The molecule has 18 heavy (non-hydrogen) atoms. The minimum atomic E-state index is -1.38. The van der Waals surface area contributed by atoms with Gasteiger partial charge in [-0.25, -0.2) is 9.18 Å². The molecule has 1 amide bonds. The van der Waals surface area contributed by atoms with Crippen LogP contribution in [0, 0.1) is 5.82 Å². The zero-order valence-corrected chi connectivity index (χ0v) is 9.83. The zero-order chi connectivity index (χ0) is 13.1. The molecular formula is C12H8FNO3S. The molecule has 0 aliphatic heterocycles. The Bertz CT molecular complexity index is 595. The van der Waals surface area contributed by atoms with E-state index in [4.69, 9.17) is 5.11 Å². The Morgan fingerprint density at radius 1 is 1.28 bits per heavy atom. The second kappa shape index (κ2) is 4.97. The molecule has 0 saturated carbocycles. The molecule has 6 heteroatoms. The van der Waals surface area contributed by atoms with Crippen molar-refractivity contribution in [2.75, 3.05) is 5.32 Å². The van der Waals surface area contributed by atoms with Crippen molar-refractivity contribution in [2.24, 2.45) is 0 Å². The van der Waals surface area contributed by atoms with Gasteiger partial charge >= 0.3 is 5.97 Å². The quantitative estimate of drug-likeness (QED) is 0.896. The lowest BCUT2D eigenvalue weighted by atomic mass is 10.2. The second-order valence-corrected chi connectivity index (χ2v) is 4.25. The molecule has 1 aromatic heterocycles. The number of carbonyl (C=O) groups is 2. The smallest absolute Gasteiger partial charge is 0.338 e. The fourth-order valence-corrected chi connectivity index (χ4v) is 2.00. The van der Waals surface area contributed by atoms with Gasteiger partial charge in [0.2, 0.25) is 0 Å². The number of carboxylic acid groups (broad SMARTS) is 1. The summed E-state index contributed by atoms with van der Waals surface area (Å²) in [5.74, 6) is -2.57. The van der Waals surface area contributed by atoms with Crippen molar-refractivity contribution < 1.29 is 19.1 Å². The van der Waals surface area contributed by atoms with Gasteiger partial charge in [-0.05, 0) is 29.6 Å². The van der Waals surface area contributed by atoms with Gasteiger partial charge in [-0.3, -0.25) is 4.79 Å². The monoisotopic (exact) mass is 265 g/mol. The minimum Gasteiger partial charge on any atom is -0.478 e. The molecule has 0 saturated heterocycles. The first-order valence-electron chi connectivity index (χ1n) is 4.94. The summed E-state index contributed by atoms with van der Waals surface area (Å²) in [5, 5.41) is 14.7. The zero-order valence-electron chi connectivity index (χ0n) is 9.01. The van der Waals surface area contributed by atoms with E-state index in [1.165, 1.54) is 17.4 Å². The van der Waals surface area contributed by atoms with Crippen LogP contribution in [0.25, 0.3) is 0 Å². The summed E-state index contributed by atoms with van der Waals surface area (Å²) in [5.41, 5.74) is 0.240. The van der Waals surface area contributed by atoms with Crippen molar-refractivity contribution in [1.82, 2.24) is 0 Å². The van der Waals surface area contributed by atoms with Crippen LogP contribution >= 0.6 is 11.3 Å². The maximum atomic E-state index is 13.1. The summed E-state index contributed by atoms with van der Waals surface area (Å²) < 4.78 is 13.1. The van der Waals surface area contributed by atoms with Crippen molar-refractivity contribution >= 4 is 28.9 Å². The number of amides is 1. The molecule has 0 bridgehead atoms. The van der Waals surface area contributed by atoms with Gasteiger partial charge < -0.3 is 10.4 Å². The molecule has 1 heterocycles. The SMILES string of the molecule is O=C(Nc1ccc(F)c(C(=O)O)c1)c1ccsc1. The molecule has 1 aromatic carbocycles. The molecule has 92 valence electrons. The van der Waals surface area contributed by atoms with E-state index >= 15 is 0 Å². The number of carboxylic acids is 1. The van der Waals surface area contributed by atoms with Crippen molar-refractivity contribution in [3.8, 4) is 0 Å². The van der Waals surface area contributed by atoms with Crippen LogP contribution in [-0.2, 0) is 0 Å². The Labute approximate surface area is 106 Å². The van der Waals surface area contributed by atoms with E-state index in [1.54, 1.807) is 16.8 Å². The first-order valence-corrected chi connectivity index (χ1v) is 5.88. The van der Waals surface area contributed by atoms with E-state index in [2.05, 4.69) is 5.32 Å². The molecule has 4 nitrogen and oxygen atoms in total. The predicted octanol–water partition coefficient (Wildman–Crippen LogP) is 2.84. The molecule has 0 fully saturated rings. The normalized spacial score (nSPS) is 10.1. The van der Waals surface area contributed by atoms with Crippen LogP contribution in [0.2, 0.25) is 0 Å². The average Bonchev–Trinajstić information content (AvgIpc) is 2.85. The average molecular weight is 265 g/mol. The third-order valence-electron chi connectivity index (χ3n) is 2.24. The third kappa shape index (κ3) is 2.54. The van der Waals surface area contributed by atoms with Gasteiger partial charge in [0.1, 0.15) is 5.82 Å². The largest absolute Gasteiger partial charge is 0.478 e. The number of anilines is 1. The number of halogens is 1. The van der Waals surface area contributed by atoms with Crippen molar-refractivity contribution in [1.29, 1.82) is 0 Å². The summed E-state index contributed by atoms with van der Waals surface area (Å²) in [6.07, 6.45) is 0. The van der Waals surface area contributed by atoms with Crippen LogP contribution in [0.15, 0.2) is 35.0 Å². The van der Waals surface area contributed by atoms with E-state index < -0.39 is 17.3 Å². The molecule has 2 rings (SSSR count). The summed E-state index contributed by atoms with van der Waals surface area (Å²) in [6, 6.07) is 5.04. The van der Waals surface area contributed by atoms with Gasteiger partial charge in [0, 0.05) is 11.1 Å². The first kappa shape index (κ1) is 12.3. The van der Waals surface area contributed by atoms with Gasteiger partial charge in [-0.2, -0.15) is 11.3 Å². The number of hydrogen-bond donors (Lipinski definition) is 2. The van der Waals surface area contributed by atoms with Crippen LogP contribution in [0.5, 0.6) is 0 Å². The lowest BCUT2D eigenvalue weighted by Gasteiger charge is -2.05. The van der Waals surface area contributed by atoms with Crippen molar-refractivity contribution in [2.45, 2.75) is 0 Å². The van der Waals surface area contributed by atoms with Crippen LogP contribution in [0.3, 0.4) is 0 Å². The van der Waals surface area contributed by atoms with Crippen LogP contribution < -0.4 is 5.32 Å². The fraction of sp³-hybridized carbons (Fsp3) is 0. The molecule has 0 aliphatic carbocycles. The Balaban J connectivity index is 2.22. The topological polar surface area (TPSA) is 66.4 Å². The van der Waals surface area contributed by atoms with Crippen molar-refractivity contribution in [3.05, 3.63) is 52.0 Å². The number of nitrogens with one attached hydrogen (secondary N) is 1. The lowest BCUT2D eigenvalue weighted by Crippen LogP contribution is -2.12. The predicted molar refractivity (Wildman–Crippen MR) is 65.6 cm³/mol. The molecule has 0 atom stereocenters. The summed E-state index contributed by atoms with van der Waals surface area (Å²) >= 11 is 1.37. The summed E-state index contributed by atoms with van der Waals surface area (Å²) in [4.78, 5) is 22.4. The van der Waals surface area contributed by atoms with Crippen LogP contribution in [-0.4, -0.2) is 17.0 Å². The highest BCUT2D eigenvalue weighted by Gasteiger charge is 2.12. The number of carbonyl (C=O) groups excluding carboxylic acids is 1. The third-order valence-corrected chi connectivity index (χ3v) is 2.92. The van der Waals surface area contributed by atoms with E-state index in [0.717, 1.165) is 12.1 Å². The lowest BCUT2D eigenvalue weighted by molar-refractivity contribution is 0.0691. The van der Waals surface area contributed by atoms with E-state index in [9.17, 15) is 14.0 Å². The standard InChI is InChI=1S/C12H8FNO3S/c13-10-2-1-8(5-9(10)12(16)17)14-11(15)7-3-4-18-6-7/h1-6H,(H,14,15)(H,16,17). The van der Waals surface area contributed by atoms with Gasteiger partial charge in [0.25, 0.3) is 5.91 Å². The minimum absolute atomic E-state index is 0.241. The van der Waals surface area contributed by atoms with Gasteiger partial charge in [0.05, 0.1) is 11.1 Å². The van der Waals surface area contributed by atoms with Crippen molar-refractivity contribution in [3.63, 3.8) is 0 Å². The molecular weight excluding hydrogens is 257 g/mol. The summed E-state index contributed by atoms with van der Waals surface area (Å²) in [6.45, 7) is 0. The Morgan fingerprint density at radius 3 is 2.67 bits per heavy atom. The van der Waals surface area contributed by atoms with Gasteiger partial charge in [-0.1, -0.05) is 0 Å². The second-order valence-electron chi connectivity index (χ2n) is 3.47. The molecule has 2 N–H and O–H groups in total. The number of benzene rings is 1. The Hall–Kier alpha value is -2.21. The number of aromatic carboxylic acids is 1. The molecule has 0 unspecified atom stereocenters. The van der Waals surface area contributed by atoms with E-state index in [1.807, 2.05) is 0 Å². The summed E-state index contributed by atoms with van der Waals surface area (Å²) in [7, 11) is 0. The van der Waals surface area contributed by atoms with Gasteiger partial charge in [0.15, 0.2) is 0 Å². The Morgan fingerprint density at radius 2 is 2.06 bits per heavy atom. The highest BCUT2D eigenvalue weighted by molar-refractivity contribution is 7.08. The maximum absolute atomic E-state index is 13.1.